The van der Waals surface area contributed by atoms with Gasteiger partial charge in [-0.3, -0.25) is 10.2 Å². The number of aryl methyl sites for hydroxylation is 1. The summed E-state index contributed by atoms with van der Waals surface area (Å²) in [5.41, 5.74) is 9.92. The number of ether oxygens (including phenoxy) is 1. The van der Waals surface area contributed by atoms with Gasteiger partial charge in [0.25, 0.3) is 0 Å². The third-order valence-corrected chi connectivity index (χ3v) is 4.89. The van der Waals surface area contributed by atoms with Crippen molar-refractivity contribution in [2.24, 2.45) is 5.73 Å². The Balaban J connectivity index is 1.87. The van der Waals surface area contributed by atoms with Crippen molar-refractivity contribution >= 4 is 17.3 Å². The van der Waals surface area contributed by atoms with Crippen LogP contribution in [0.25, 0.3) is 11.4 Å². The summed E-state index contributed by atoms with van der Waals surface area (Å²) in [5, 5.41) is 13.9. The molecule has 1 amide bonds. The fraction of sp³-hybridized carbons (Fsp3) is 0.160. The van der Waals surface area contributed by atoms with Crippen molar-refractivity contribution < 1.29 is 13.9 Å². The van der Waals surface area contributed by atoms with Gasteiger partial charge in [0.15, 0.2) is 0 Å². The van der Waals surface area contributed by atoms with Gasteiger partial charge in [-0.15, -0.1) is 0 Å². The van der Waals surface area contributed by atoms with Crippen molar-refractivity contribution in [2.75, 3.05) is 20.3 Å². The van der Waals surface area contributed by atoms with Crippen molar-refractivity contribution in [3.05, 3.63) is 95.8 Å². The van der Waals surface area contributed by atoms with E-state index in [-0.39, 0.29) is 18.0 Å². The maximum atomic E-state index is 12.4. The van der Waals surface area contributed by atoms with Crippen LogP contribution in [0.1, 0.15) is 16.8 Å². The van der Waals surface area contributed by atoms with Gasteiger partial charge in [-0.1, -0.05) is 36.4 Å². The van der Waals surface area contributed by atoms with Gasteiger partial charge in [0.2, 0.25) is 5.91 Å². The van der Waals surface area contributed by atoms with Crippen LogP contribution in [-0.4, -0.2) is 41.5 Å². The fourth-order valence-electron chi connectivity index (χ4n) is 3.16. The summed E-state index contributed by atoms with van der Waals surface area (Å²) in [6, 6.07) is 14.4. The van der Waals surface area contributed by atoms with Crippen LogP contribution in [0, 0.1) is 12.3 Å². The molecule has 34 heavy (non-hydrogen) atoms. The largest absolute Gasteiger partial charge is 0.495 e. The minimum absolute atomic E-state index is 0.0865. The van der Waals surface area contributed by atoms with Crippen LogP contribution < -0.4 is 21.1 Å². The van der Waals surface area contributed by atoms with Crippen LogP contribution >= 0.6 is 0 Å². The maximum absolute atomic E-state index is 12.4. The number of amides is 1. The number of hydrogen-bond donors (Lipinski definition) is 4. The summed E-state index contributed by atoms with van der Waals surface area (Å²) >= 11 is 0. The van der Waals surface area contributed by atoms with E-state index in [1.54, 1.807) is 43.8 Å². The second-order valence-corrected chi connectivity index (χ2v) is 7.33. The Hall–Kier alpha value is -4.40. The lowest BCUT2D eigenvalue weighted by molar-refractivity contribution is -0.116. The Morgan fingerprint density at radius 2 is 2.00 bits per heavy atom. The highest BCUT2D eigenvalue weighted by molar-refractivity contribution is 6.13. The topological polar surface area (TPSA) is 118 Å². The van der Waals surface area contributed by atoms with Gasteiger partial charge in [0.05, 0.1) is 41.9 Å². The average molecular weight is 463 g/mol. The standard InChI is InChI=1S/C25H27FN6O2/c1-17-15-32(16-31-17)22-9-8-19(12-23(22)34-2)20(27)14-30-21(13-24(33)29-11-10-26)25(28)18-6-4-3-5-7-18/h3-9,12-16,28,30H,10-11,27H2,1-2H3,(H,29,33)/b20-14-,21-13+,28-25?. The first-order valence-corrected chi connectivity index (χ1v) is 10.5. The van der Waals surface area contributed by atoms with Crippen LogP contribution in [0.3, 0.4) is 0 Å². The van der Waals surface area contributed by atoms with Gasteiger partial charge in [-0.05, 0) is 19.1 Å². The number of halogens is 1. The molecule has 8 nitrogen and oxygen atoms in total. The molecule has 0 atom stereocenters. The highest BCUT2D eigenvalue weighted by Crippen LogP contribution is 2.26. The van der Waals surface area contributed by atoms with E-state index in [0.717, 1.165) is 11.4 Å². The number of methoxy groups -OCH3 is 1. The van der Waals surface area contributed by atoms with E-state index < -0.39 is 12.6 Å². The number of hydrogen-bond acceptors (Lipinski definition) is 6. The van der Waals surface area contributed by atoms with Gasteiger partial charge in [0, 0.05) is 36.1 Å². The molecule has 3 aromatic rings. The first-order valence-electron chi connectivity index (χ1n) is 10.5. The number of nitrogens with one attached hydrogen (secondary N) is 3. The molecule has 5 N–H and O–H groups in total. The van der Waals surface area contributed by atoms with Crippen molar-refractivity contribution in [3.8, 4) is 11.4 Å². The molecule has 176 valence electrons. The van der Waals surface area contributed by atoms with E-state index in [9.17, 15) is 9.18 Å². The molecule has 1 heterocycles. The Morgan fingerprint density at radius 1 is 1.24 bits per heavy atom. The third kappa shape index (κ3) is 6.10. The number of imidazole rings is 1. The Morgan fingerprint density at radius 3 is 2.65 bits per heavy atom. The number of nitrogens with zero attached hydrogens (tertiary/aromatic N) is 2. The summed E-state index contributed by atoms with van der Waals surface area (Å²) in [6.45, 7) is 1.11. The summed E-state index contributed by atoms with van der Waals surface area (Å²) < 4.78 is 19.8. The lowest BCUT2D eigenvalue weighted by Gasteiger charge is -2.13. The fourth-order valence-corrected chi connectivity index (χ4v) is 3.16. The Labute approximate surface area is 197 Å². The van der Waals surface area contributed by atoms with Crippen LogP contribution in [0.15, 0.2) is 79.0 Å². The zero-order valence-electron chi connectivity index (χ0n) is 19.0. The highest BCUT2D eigenvalue weighted by Gasteiger charge is 2.11. The maximum Gasteiger partial charge on any atom is 0.246 e. The normalized spacial score (nSPS) is 11.7. The number of alkyl halides is 1. The summed E-state index contributed by atoms with van der Waals surface area (Å²) in [7, 11) is 1.57. The molecule has 0 saturated heterocycles. The van der Waals surface area contributed by atoms with Gasteiger partial charge < -0.3 is 25.7 Å². The summed E-state index contributed by atoms with van der Waals surface area (Å²) in [6.07, 6.45) is 6.30. The molecule has 2 aromatic carbocycles. The zero-order chi connectivity index (χ0) is 24.5. The number of carbonyl (C=O) groups is 1. The lowest BCUT2D eigenvalue weighted by Crippen LogP contribution is -2.26. The first-order chi connectivity index (χ1) is 16.4. The van der Waals surface area contributed by atoms with E-state index in [2.05, 4.69) is 15.6 Å². The minimum Gasteiger partial charge on any atom is -0.495 e. The summed E-state index contributed by atoms with van der Waals surface area (Å²) in [4.78, 5) is 16.4. The molecule has 0 fully saturated rings. The quantitative estimate of drug-likeness (QED) is 0.273. The second kappa shape index (κ2) is 11.5. The van der Waals surface area contributed by atoms with E-state index in [0.29, 0.717) is 22.6 Å². The van der Waals surface area contributed by atoms with Crippen molar-refractivity contribution in [2.45, 2.75) is 6.92 Å². The number of allylic oxidation sites excluding steroid dienone is 1. The van der Waals surface area contributed by atoms with Gasteiger partial charge in [-0.2, -0.15) is 0 Å². The molecule has 0 saturated carbocycles. The van der Waals surface area contributed by atoms with Crippen molar-refractivity contribution in [1.29, 1.82) is 5.41 Å². The first kappa shape index (κ1) is 24.2. The molecule has 0 spiro atoms. The SMILES string of the molecule is COc1cc(/C(N)=C/N/C(=C/C(=O)NCCF)C(=N)c2ccccc2)ccc1-n1cnc(C)c1. The van der Waals surface area contributed by atoms with Crippen molar-refractivity contribution in [1.82, 2.24) is 20.2 Å². The van der Waals surface area contributed by atoms with E-state index in [4.69, 9.17) is 15.9 Å². The van der Waals surface area contributed by atoms with E-state index >= 15 is 0 Å². The molecule has 3 rings (SSSR count). The summed E-state index contributed by atoms with van der Waals surface area (Å²) in [5.74, 6) is 0.0825. The molecule has 9 heteroatoms. The third-order valence-electron chi connectivity index (χ3n) is 4.89. The van der Waals surface area contributed by atoms with Gasteiger partial charge >= 0.3 is 0 Å². The van der Waals surface area contributed by atoms with Crippen LogP contribution in [0.2, 0.25) is 0 Å². The monoisotopic (exact) mass is 462 g/mol. The van der Waals surface area contributed by atoms with Crippen LogP contribution in [-0.2, 0) is 4.79 Å². The number of carbonyl (C=O) groups excluding carboxylic acids is 1. The molecule has 0 bridgehead atoms. The number of benzene rings is 2. The molecule has 1 aromatic heterocycles. The van der Waals surface area contributed by atoms with Gasteiger partial charge in [0.1, 0.15) is 12.4 Å². The highest BCUT2D eigenvalue weighted by atomic mass is 19.1. The minimum atomic E-state index is -0.679. The molecule has 0 aliphatic rings. The Bertz CT molecular complexity index is 1220. The van der Waals surface area contributed by atoms with Crippen molar-refractivity contribution in [3.63, 3.8) is 0 Å². The van der Waals surface area contributed by atoms with Gasteiger partial charge in [-0.25, -0.2) is 9.37 Å². The molecule has 0 aliphatic heterocycles. The van der Waals surface area contributed by atoms with E-state index in [1.165, 1.54) is 12.3 Å². The molecule has 0 aliphatic carbocycles. The molecular formula is C25H27FN6O2. The number of rotatable bonds is 10. The van der Waals surface area contributed by atoms with E-state index in [1.807, 2.05) is 35.9 Å². The molecule has 0 unspecified atom stereocenters. The predicted molar refractivity (Wildman–Crippen MR) is 130 cm³/mol. The second-order valence-electron chi connectivity index (χ2n) is 7.33. The lowest BCUT2D eigenvalue weighted by atomic mass is 10.1. The average Bonchev–Trinajstić information content (AvgIpc) is 3.30. The van der Waals surface area contributed by atoms with Crippen LogP contribution in [0.5, 0.6) is 5.75 Å². The smallest absolute Gasteiger partial charge is 0.246 e. The van der Waals surface area contributed by atoms with Crippen LogP contribution in [0.4, 0.5) is 4.39 Å². The Kier molecular flexibility index (Phi) is 8.17. The zero-order valence-corrected chi connectivity index (χ0v) is 19.0. The number of nitrogens with two attached hydrogens (primary N) is 1. The molecule has 0 radical (unpaired) electrons. The molecular weight excluding hydrogens is 435 g/mol. The predicted octanol–water partition coefficient (Wildman–Crippen LogP) is 3.07. The number of aromatic nitrogens is 2.